The summed E-state index contributed by atoms with van der Waals surface area (Å²) in [6, 6.07) is 33.2. The van der Waals surface area contributed by atoms with E-state index in [2.05, 4.69) is 50.2 Å². The molecule has 0 aromatic heterocycles. The SMILES string of the molecule is COc1ccc(C/C(C)=C(\c2ccc(OCCCN(C)C)cc2)c2ccc(OC(=O)c3ccccc3)cc2)cc1. The minimum Gasteiger partial charge on any atom is -0.497 e. The van der Waals surface area contributed by atoms with E-state index in [0.717, 1.165) is 47.6 Å². The molecular formula is C35H37NO4. The van der Waals surface area contributed by atoms with Crippen LogP contribution >= 0.6 is 0 Å². The van der Waals surface area contributed by atoms with Crippen LogP contribution in [-0.4, -0.2) is 45.2 Å². The summed E-state index contributed by atoms with van der Waals surface area (Å²) in [5.41, 5.74) is 6.22. The van der Waals surface area contributed by atoms with Gasteiger partial charge < -0.3 is 19.1 Å². The Balaban J connectivity index is 1.58. The minimum atomic E-state index is -0.374. The third-order valence-corrected chi connectivity index (χ3v) is 6.58. The zero-order valence-corrected chi connectivity index (χ0v) is 23.7. The fraction of sp³-hybridized carbons (Fsp3) is 0.229. The van der Waals surface area contributed by atoms with Crippen LogP contribution in [0.25, 0.3) is 5.57 Å². The maximum atomic E-state index is 12.5. The molecule has 0 saturated heterocycles. The molecule has 0 unspecified atom stereocenters. The van der Waals surface area contributed by atoms with Crippen molar-refractivity contribution in [2.24, 2.45) is 0 Å². The molecule has 206 valence electrons. The average molecular weight is 536 g/mol. The summed E-state index contributed by atoms with van der Waals surface area (Å²) in [5.74, 6) is 1.83. The molecular weight excluding hydrogens is 498 g/mol. The van der Waals surface area contributed by atoms with Gasteiger partial charge in [-0.05, 0) is 105 Å². The normalized spacial score (nSPS) is 11.6. The van der Waals surface area contributed by atoms with Crippen LogP contribution in [0.3, 0.4) is 0 Å². The first-order valence-corrected chi connectivity index (χ1v) is 13.5. The highest BCUT2D eigenvalue weighted by atomic mass is 16.5. The number of ether oxygens (including phenoxy) is 3. The number of hydrogen-bond acceptors (Lipinski definition) is 5. The second-order valence-corrected chi connectivity index (χ2v) is 9.99. The highest BCUT2D eigenvalue weighted by Crippen LogP contribution is 2.31. The first-order valence-electron chi connectivity index (χ1n) is 13.5. The van der Waals surface area contributed by atoms with Crippen molar-refractivity contribution in [1.29, 1.82) is 0 Å². The zero-order valence-electron chi connectivity index (χ0n) is 23.7. The standard InChI is InChI=1S/C35H37NO4/c1-26(25-27-11-17-31(38-4)18-12-27)34(28-13-19-32(20-14-28)39-24-8-23-36(2)3)29-15-21-33(22-16-29)40-35(37)30-9-6-5-7-10-30/h5-7,9-22H,8,23-25H2,1-4H3/b34-26+. The van der Waals surface area contributed by atoms with Gasteiger partial charge in [0.1, 0.15) is 17.2 Å². The van der Waals surface area contributed by atoms with Gasteiger partial charge in [-0.25, -0.2) is 4.79 Å². The van der Waals surface area contributed by atoms with Crippen LogP contribution in [0.15, 0.2) is 109 Å². The van der Waals surface area contributed by atoms with Gasteiger partial charge in [-0.1, -0.05) is 60.2 Å². The molecule has 0 heterocycles. The Morgan fingerprint density at radius 1 is 0.700 bits per heavy atom. The highest BCUT2D eigenvalue weighted by Gasteiger charge is 2.13. The summed E-state index contributed by atoms with van der Waals surface area (Å²) in [6.45, 7) is 3.83. The Morgan fingerprint density at radius 3 is 1.85 bits per heavy atom. The fourth-order valence-electron chi connectivity index (χ4n) is 4.52. The van der Waals surface area contributed by atoms with Crippen molar-refractivity contribution in [3.8, 4) is 17.2 Å². The van der Waals surface area contributed by atoms with Crippen molar-refractivity contribution in [2.75, 3.05) is 34.4 Å². The lowest BCUT2D eigenvalue weighted by Crippen LogP contribution is -2.15. The summed E-state index contributed by atoms with van der Waals surface area (Å²) < 4.78 is 16.9. The van der Waals surface area contributed by atoms with Crippen LogP contribution in [0.1, 0.15) is 40.4 Å². The van der Waals surface area contributed by atoms with E-state index in [1.807, 2.05) is 66.7 Å². The van der Waals surface area contributed by atoms with E-state index in [-0.39, 0.29) is 5.97 Å². The Labute approximate surface area is 237 Å². The summed E-state index contributed by atoms with van der Waals surface area (Å²) in [6.07, 6.45) is 1.76. The van der Waals surface area contributed by atoms with Crippen LogP contribution in [0.2, 0.25) is 0 Å². The van der Waals surface area contributed by atoms with Crippen LogP contribution in [0.4, 0.5) is 0 Å². The number of carbonyl (C=O) groups excluding carboxylic acids is 1. The molecule has 4 rings (SSSR count). The molecule has 0 amide bonds. The van der Waals surface area contributed by atoms with E-state index in [4.69, 9.17) is 14.2 Å². The number of allylic oxidation sites excluding steroid dienone is 1. The fourth-order valence-corrected chi connectivity index (χ4v) is 4.52. The van der Waals surface area contributed by atoms with Crippen molar-refractivity contribution >= 4 is 11.5 Å². The molecule has 0 N–H and O–H groups in total. The molecule has 0 aliphatic heterocycles. The first kappa shape index (κ1) is 28.7. The maximum absolute atomic E-state index is 12.5. The molecule has 0 radical (unpaired) electrons. The van der Waals surface area contributed by atoms with E-state index in [1.54, 1.807) is 19.2 Å². The average Bonchev–Trinajstić information content (AvgIpc) is 2.98. The predicted octanol–water partition coefficient (Wildman–Crippen LogP) is 7.31. The van der Waals surface area contributed by atoms with Crippen molar-refractivity contribution in [1.82, 2.24) is 4.90 Å². The van der Waals surface area contributed by atoms with Gasteiger partial charge in [0.25, 0.3) is 0 Å². The number of esters is 1. The van der Waals surface area contributed by atoms with E-state index in [0.29, 0.717) is 17.9 Å². The number of nitrogens with zero attached hydrogens (tertiary/aromatic N) is 1. The largest absolute Gasteiger partial charge is 0.497 e. The molecule has 0 aliphatic carbocycles. The molecule has 4 aromatic carbocycles. The molecule has 5 heteroatoms. The van der Waals surface area contributed by atoms with E-state index >= 15 is 0 Å². The zero-order chi connectivity index (χ0) is 28.3. The van der Waals surface area contributed by atoms with Gasteiger partial charge in [0.05, 0.1) is 19.3 Å². The predicted molar refractivity (Wildman–Crippen MR) is 161 cm³/mol. The van der Waals surface area contributed by atoms with Crippen molar-refractivity contribution < 1.29 is 19.0 Å². The number of hydrogen-bond donors (Lipinski definition) is 0. The third-order valence-electron chi connectivity index (χ3n) is 6.58. The molecule has 0 saturated carbocycles. The van der Waals surface area contributed by atoms with E-state index < -0.39 is 0 Å². The summed E-state index contributed by atoms with van der Waals surface area (Å²) >= 11 is 0. The second kappa shape index (κ2) is 14.2. The third kappa shape index (κ3) is 8.08. The Kier molecular flexibility index (Phi) is 10.1. The number of benzene rings is 4. The molecule has 0 bridgehead atoms. The van der Waals surface area contributed by atoms with E-state index in [1.165, 1.54) is 11.1 Å². The lowest BCUT2D eigenvalue weighted by atomic mass is 9.90. The molecule has 0 spiro atoms. The molecule has 0 fully saturated rings. The number of rotatable bonds is 12. The van der Waals surface area contributed by atoms with Gasteiger partial charge in [-0.2, -0.15) is 0 Å². The Bertz CT molecular complexity index is 1390. The Hall–Kier alpha value is -4.35. The maximum Gasteiger partial charge on any atom is 0.343 e. The van der Waals surface area contributed by atoms with Gasteiger partial charge in [-0.15, -0.1) is 0 Å². The lowest BCUT2D eigenvalue weighted by Gasteiger charge is -2.16. The molecule has 0 atom stereocenters. The Morgan fingerprint density at radius 2 is 1.27 bits per heavy atom. The number of carbonyl (C=O) groups is 1. The topological polar surface area (TPSA) is 48.0 Å². The van der Waals surface area contributed by atoms with E-state index in [9.17, 15) is 4.79 Å². The quantitative estimate of drug-likeness (QED) is 0.108. The van der Waals surface area contributed by atoms with Crippen molar-refractivity contribution in [3.05, 3.63) is 131 Å². The van der Waals surface area contributed by atoms with Crippen molar-refractivity contribution in [3.63, 3.8) is 0 Å². The molecule has 4 aromatic rings. The van der Waals surface area contributed by atoms with Gasteiger partial charge in [0, 0.05) is 6.54 Å². The van der Waals surface area contributed by atoms with Gasteiger partial charge in [0.2, 0.25) is 0 Å². The van der Waals surface area contributed by atoms with Crippen LogP contribution in [-0.2, 0) is 6.42 Å². The monoisotopic (exact) mass is 535 g/mol. The van der Waals surface area contributed by atoms with Crippen LogP contribution in [0, 0.1) is 0 Å². The van der Waals surface area contributed by atoms with Crippen molar-refractivity contribution in [2.45, 2.75) is 19.8 Å². The van der Waals surface area contributed by atoms with Gasteiger partial charge >= 0.3 is 5.97 Å². The van der Waals surface area contributed by atoms with Crippen LogP contribution in [0.5, 0.6) is 17.2 Å². The summed E-state index contributed by atoms with van der Waals surface area (Å²) in [4.78, 5) is 14.7. The summed E-state index contributed by atoms with van der Waals surface area (Å²) in [5, 5.41) is 0. The molecule has 0 aliphatic rings. The first-order chi connectivity index (χ1) is 19.4. The smallest absolute Gasteiger partial charge is 0.343 e. The lowest BCUT2D eigenvalue weighted by molar-refractivity contribution is 0.0734. The molecule has 40 heavy (non-hydrogen) atoms. The number of methoxy groups -OCH3 is 1. The highest BCUT2D eigenvalue weighted by molar-refractivity contribution is 5.91. The van der Waals surface area contributed by atoms with Crippen LogP contribution < -0.4 is 14.2 Å². The van der Waals surface area contributed by atoms with Gasteiger partial charge in [-0.3, -0.25) is 0 Å². The summed E-state index contributed by atoms with van der Waals surface area (Å²) in [7, 11) is 5.81. The second-order valence-electron chi connectivity index (χ2n) is 9.99. The van der Waals surface area contributed by atoms with Gasteiger partial charge in [0.15, 0.2) is 0 Å². The molecule has 5 nitrogen and oxygen atoms in total. The minimum absolute atomic E-state index is 0.374.